The monoisotopic (exact) mass is 326 g/mol. The molecule has 1 fully saturated rings. The van der Waals surface area contributed by atoms with Crippen LogP contribution in [0.5, 0.6) is 0 Å². The van der Waals surface area contributed by atoms with Crippen LogP contribution in [0.3, 0.4) is 0 Å². The van der Waals surface area contributed by atoms with Gasteiger partial charge in [0.1, 0.15) is 0 Å². The predicted octanol–water partition coefficient (Wildman–Crippen LogP) is 4.38. The van der Waals surface area contributed by atoms with Gasteiger partial charge in [-0.15, -0.1) is 0 Å². The molecule has 2 nitrogen and oxygen atoms in total. The highest BCUT2D eigenvalue weighted by atomic mass is 79.9. The molecule has 0 amide bonds. The number of hydrogen-bond acceptors (Lipinski definition) is 1. The highest BCUT2D eigenvalue weighted by molar-refractivity contribution is 9.10. The van der Waals surface area contributed by atoms with Crippen LogP contribution in [0.25, 0.3) is 0 Å². The van der Waals surface area contributed by atoms with Crippen molar-refractivity contribution in [3.8, 4) is 0 Å². The Labute approximate surface area is 123 Å². The smallest absolute Gasteiger partial charge is 0.171 e. The van der Waals surface area contributed by atoms with E-state index >= 15 is 0 Å². The SMILES string of the molecule is Cc1c(Br)cccc1NC(=S)NC1CCCCC1. The first kappa shape index (κ1) is 13.8. The summed E-state index contributed by atoms with van der Waals surface area (Å²) >= 11 is 8.91. The Hall–Kier alpha value is -0.610. The van der Waals surface area contributed by atoms with Crippen LogP contribution in [0.2, 0.25) is 0 Å². The van der Waals surface area contributed by atoms with E-state index in [4.69, 9.17) is 12.2 Å². The van der Waals surface area contributed by atoms with Crippen molar-refractivity contribution < 1.29 is 0 Å². The average molecular weight is 327 g/mol. The summed E-state index contributed by atoms with van der Waals surface area (Å²) in [7, 11) is 0. The van der Waals surface area contributed by atoms with E-state index in [-0.39, 0.29) is 0 Å². The lowest BCUT2D eigenvalue weighted by Crippen LogP contribution is -2.38. The molecule has 1 aliphatic carbocycles. The molecule has 0 unspecified atom stereocenters. The molecule has 2 rings (SSSR count). The minimum atomic E-state index is 0.547. The summed E-state index contributed by atoms with van der Waals surface area (Å²) in [6, 6.07) is 6.65. The van der Waals surface area contributed by atoms with Crippen molar-refractivity contribution in [2.24, 2.45) is 0 Å². The van der Waals surface area contributed by atoms with Gasteiger partial charge < -0.3 is 10.6 Å². The van der Waals surface area contributed by atoms with Gasteiger partial charge in [-0.05, 0) is 49.7 Å². The Morgan fingerprint density at radius 3 is 2.72 bits per heavy atom. The number of thiocarbonyl (C=S) groups is 1. The van der Waals surface area contributed by atoms with Gasteiger partial charge >= 0.3 is 0 Å². The summed E-state index contributed by atoms with van der Waals surface area (Å²) in [5.41, 5.74) is 2.25. The largest absolute Gasteiger partial charge is 0.360 e. The third-order valence-corrected chi connectivity index (χ3v) is 4.54. The van der Waals surface area contributed by atoms with E-state index in [9.17, 15) is 0 Å². The molecular formula is C14H19BrN2S. The Kier molecular flexibility index (Phi) is 5.01. The zero-order valence-corrected chi connectivity index (χ0v) is 13.0. The summed E-state index contributed by atoms with van der Waals surface area (Å²) in [5, 5.41) is 7.45. The Morgan fingerprint density at radius 1 is 1.28 bits per heavy atom. The fourth-order valence-corrected chi connectivity index (χ4v) is 2.98. The highest BCUT2D eigenvalue weighted by Gasteiger charge is 2.14. The summed E-state index contributed by atoms with van der Waals surface area (Å²) in [4.78, 5) is 0. The summed E-state index contributed by atoms with van der Waals surface area (Å²) in [5.74, 6) is 0. The van der Waals surface area contributed by atoms with Crippen LogP contribution in [0.1, 0.15) is 37.7 Å². The van der Waals surface area contributed by atoms with Gasteiger partial charge in [0.15, 0.2) is 5.11 Å². The van der Waals surface area contributed by atoms with Crippen LogP contribution in [0, 0.1) is 6.92 Å². The Morgan fingerprint density at radius 2 is 2.00 bits per heavy atom. The third kappa shape index (κ3) is 3.69. The van der Waals surface area contributed by atoms with Gasteiger partial charge in [-0.2, -0.15) is 0 Å². The molecule has 0 heterocycles. The zero-order chi connectivity index (χ0) is 13.0. The van der Waals surface area contributed by atoms with Crippen molar-refractivity contribution in [1.29, 1.82) is 0 Å². The molecule has 1 aliphatic rings. The molecule has 0 bridgehead atoms. The van der Waals surface area contributed by atoms with Gasteiger partial charge in [-0.1, -0.05) is 41.3 Å². The molecule has 0 radical (unpaired) electrons. The normalized spacial score (nSPS) is 16.3. The second-order valence-corrected chi connectivity index (χ2v) is 6.11. The number of halogens is 1. The fourth-order valence-electron chi connectivity index (χ4n) is 2.33. The number of hydrogen-bond donors (Lipinski definition) is 2. The molecule has 1 aromatic carbocycles. The molecule has 0 spiro atoms. The second kappa shape index (κ2) is 6.53. The van der Waals surface area contributed by atoms with E-state index in [1.807, 2.05) is 12.1 Å². The van der Waals surface area contributed by atoms with E-state index < -0.39 is 0 Å². The minimum Gasteiger partial charge on any atom is -0.360 e. The van der Waals surface area contributed by atoms with E-state index in [1.54, 1.807) is 0 Å². The number of nitrogens with one attached hydrogen (secondary N) is 2. The lowest BCUT2D eigenvalue weighted by atomic mass is 9.96. The average Bonchev–Trinajstić information content (AvgIpc) is 2.36. The molecular weight excluding hydrogens is 308 g/mol. The van der Waals surface area contributed by atoms with Gasteiger partial charge in [-0.25, -0.2) is 0 Å². The van der Waals surface area contributed by atoms with Crippen LogP contribution in [0.4, 0.5) is 5.69 Å². The molecule has 98 valence electrons. The van der Waals surface area contributed by atoms with Crippen molar-refractivity contribution in [2.45, 2.75) is 45.1 Å². The van der Waals surface area contributed by atoms with E-state index in [0.717, 1.165) is 15.3 Å². The number of anilines is 1. The maximum Gasteiger partial charge on any atom is 0.171 e. The second-order valence-electron chi connectivity index (χ2n) is 4.85. The third-order valence-electron chi connectivity index (χ3n) is 3.46. The molecule has 1 saturated carbocycles. The van der Waals surface area contributed by atoms with Crippen LogP contribution < -0.4 is 10.6 Å². The molecule has 0 atom stereocenters. The summed E-state index contributed by atoms with van der Waals surface area (Å²) < 4.78 is 1.10. The van der Waals surface area contributed by atoms with Gasteiger partial charge in [0.2, 0.25) is 0 Å². The van der Waals surface area contributed by atoms with Crippen LogP contribution >= 0.6 is 28.1 Å². The zero-order valence-electron chi connectivity index (χ0n) is 10.6. The topological polar surface area (TPSA) is 24.1 Å². The van der Waals surface area contributed by atoms with Crippen LogP contribution in [-0.2, 0) is 0 Å². The van der Waals surface area contributed by atoms with Gasteiger partial charge in [-0.3, -0.25) is 0 Å². The Balaban J connectivity index is 1.92. The van der Waals surface area contributed by atoms with Crippen molar-refractivity contribution in [2.75, 3.05) is 5.32 Å². The first-order valence-electron chi connectivity index (χ1n) is 6.49. The molecule has 1 aromatic rings. The quantitative estimate of drug-likeness (QED) is 0.789. The van der Waals surface area contributed by atoms with Gasteiger partial charge in [0, 0.05) is 16.2 Å². The van der Waals surface area contributed by atoms with Gasteiger partial charge in [0.05, 0.1) is 0 Å². The molecule has 18 heavy (non-hydrogen) atoms. The van der Waals surface area contributed by atoms with E-state index in [2.05, 4.69) is 39.6 Å². The van der Waals surface area contributed by atoms with Crippen molar-refractivity contribution in [3.63, 3.8) is 0 Å². The first-order chi connectivity index (χ1) is 8.66. The minimum absolute atomic E-state index is 0.547. The Bertz CT molecular complexity index is 428. The predicted molar refractivity (Wildman–Crippen MR) is 85.1 cm³/mol. The lowest BCUT2D eigenvalue weighted by molar-refractivity contribution is 0.415. The number of rotatable bonds is 2. The van der Waals surface area contributed by atoms with E-state index in [1.165, 1.54) is 37.7 Å². The highest BCUT2D eigenvalue weighted by Crippen LogP contribution is 2.23. The molecule has 2 N–H and O–H groups in total. The van der Waals surface area contributed by atoms with Crippen molar-refractivity contribution in [1.82, 2.24) is 5.32 Å². The fraction of sp³-hybridized carbons (Fsp3) is 0.500. The number of benzene rings is 1. The van der Waals surface area contributed by atoms with Crippen LogP contribution in [0.15, 0.2) is 22.7 Å². The van der Waals surface area contributed by atoms with Crippen LogP contribution in [-0.4, -0.2) is 11.2 Å². The maximum atomic E-state index is 5.38. The summed E-state index contributed by atoms with van der Waals surface area (Å²) in [6.07, 6.45) is 6.47. The summed E-state index contributed by atoms with van der Waals surface area (Å²) in [6.45, 7) is 2.08. The first-order valence-corrected chi connectivity index (χ1v) is 7.69. The lowest BCUT2D eigenvalue weighted by Gasteiger charge is -2.24. The van der Waals surface area contributed by atoms with Crippen molar-refractivity contribution >= 4 is 38.9 Å². The van der Waals surface area contributed by atoms with E-state index in [0.29, 0.717) is 6.04 Å². The molecule has 0 aliphatic heterocycles. The maximum absolute atomic E-state index is 5.38. The molecule has 0 aromatic heterocycles. The van der Waals surface area contributed by atoms with Gasteiger partial charge in [0.25, 0.3) is 0 Å². The standard InChI is InChI=1S/C14H19BrN2S/c1-10-12(15)8-5-9-13(10)17-14(18)16-11-6-3-2-4-7-11/h5,8-9,11H,2-4,6-7H2,1H3,(H2,16,17,18). The van der Waals surface area contributed by atoms with Crippen molar-refractivity contribution in [3.05, 3.63) is 28.2 Å². The molecule has 0 saturated heterocycles. The molecule has 4 heteroatoms.